The maximum atomic E-state index is 12.9. The molecule has 0 aliphatic heterocycles. The Labute approximate surface area is 579 Å². The number of nitrogens with zero attached hydrogens (tertiary/aromatic N) is 6. The molecule has 0 saturated heterocycles. The first kappa shape index (κ1) is 64.3. The smallest absolute Gasteiger partial charge is 0.507 e. The zero-order valence-electron chi connectivity index (χ0n) is 54.7. The topological polar surface area (TPSA) is 181 Å². The van der Waals surface area contributed by atoms with Crippen LogP contribution in [0.25, 0.3) is 113 Å². The summed E-state index contributed by atoms with van der Waals surface area (Å²) in [5.41, 5.74) is 14.3. The molecule has 0 saturated carbocycles. The van der Waals surface area contributed by atoms with Crippen LogP contribution in [0.4, 0.5) is 4.79 Å². The summed E-state index contributed by atoms with van der Waals surface area (Å²) in [5, 5.41) is 22.9. The molecule has 0 aliphatic rings. The lowest BCUT2D eigenvalue weighted by molar-refractivity contribution is 0.0847. The highest BCUT2D eigenvalue weighted by Crippen LogP contribution is 2.38. The molecule has 2 heterocycles. The third-order valence-electron chi connectivity index (χ3n) is 17.2. The summed E-state index contributed by atoms with van der Waals surface area (Å²) in [6.45, 7) is 4.57. The fourth-order valence-corrected chi connectivity index (χ4v) is 11.7. The monoisotopic (exact) mass is 1310 g/mol. The Morgan fingerprint density at radius 1 is 0.290 bits per heavy atom. The number of phenolic OH excluding ortho intramolecular Hbond substituents is 2. The summed E-state index contributed by atoms with van der Waals surface area (Å²) >= 11 is 0. The number of ether oxygens (including phenoxy) is 5. The zero-order chi connectivity index (χ0) is 68.2. The van der Waals surface area contributed by atoms with Crippen molar-refractivity contribution in [3.63, 3.8) is 0 Å². The number of aromatic nitrogens is 6. The average Bonchev–Trinajstić information content (AvgIpc) is 0.804. The van der Waals surface area contributed by atoms with E-state index in [4.69, 9.17) is 53.6 Å². The van der Waals surface area contributed by atoms with Gasteiger partial charge >= 0.3 is 6.16 Å². The molecule has 2 N–H and O–H groups in total. The summed E-state index contributed by atoms with van der Waals surface area (Å²) < 4.78 is 28.9. The van der Waals surface area contributed by atoms with Crippen molar-refractivity contribution < 1.29 is 38.7 Å². The maximum absolute atomic E-state index is 12.9. The molecule has 0 unspecified atom stereocenters. The van der Waals surface area contributed by atoms with Gasteiger partial charge in [0, 0.05) is 39.8 Å². The van der Waals surface area contributed by atoms with Crippen molar-refractivity contribution in [2.24, 2.45) is 0 Å². The lowest BCUT2D eigenvalue weighted by Crippen LogP contribution is -2.19. The lowest BCUT2D eigenvalue weighted by atomic mass is 9.78. The fourth-order valence-electron chi connectivity index (χ4n) is 11.7. The van der Waals surface area contributed by atoms with Gasteiger partial charge in [-0.25, -0.2) is 34.7 Å². The molecule has 0 radical (unpaired) electrons. The Balaban J connectivity index is 0.559. The Morgan fingerprint density at radius 3 is 0.870 bits per heavy atom. The molecule has 0 fully saturated rings. The number of rotatable bonds is 22. The van der Waals surface area contributed by atoms with Crippen LogP contribution in [-0.2, 0) is 10.2 Å². The normalized spacial score (nSPS) is 11.2. The predicted octanol–water partition coefficient (Wildman–Crippen LogP) is 19.5. The van der Waals surface area contributed by atoms with Gasteiger partial charge < -0.3 is 33.9 Å². The second-order valence-electron chi connectivity index (χ2n) is 24.2. The van der Waals surface area contributed by atoms with Crippen LogP contribution in [-0.4, -0.2) is 72.7 Å². The SMILES string of the molecule is CC(C)(c1ccc(OCCOc2ccc(-c3nc(-c4ccc(-c5ccccc5)cc4)nc(-c4ccc(-c5ccccc5)cc4)n3)c(O)c2)cc1)c1ccc(OC(=O)OCCOc2ccc(-c3nc(-c4ccc(-c5ccccc5)cc4)nc(-c4ccc(-c5ccccc5)cc4)n3)c(O)c2)cc1. The van der Waals surface area contributed by atoms with Crippen LogP contribution in [0.5, 0.6) is 34.5 Å². The van der Waals surface area contributed by atoms with Crippen LogP contribution in [0.3, 0.4) is 0 Å². The molecule has 14 heteroatoms. The minimum Gasteiger partial charge on any atom is -0.507 e. The summed E-state index contributed by atoms with van der Waals surface area (Å²) in [5.74, 6) is 4.07. The molecular weight excluding hydrogens is 1240 g/mol. The largest absolute Gasteiger partial charge is 0.513 e. The van der Waals surface area contributed by atoms with E-state index in [-0.39, 0.29) is 43.8 Å². The summed E-state index contributed by atoms with van der Waals surface area (Å²) in [6, 6.07) is 98.0. The molecule has 12 aromatic carbocycles. The summed E-state index contributed by atoms with van der Waals surface area (Å²) in [6.07, 6.45) is -0.889. The van der Waals surface area contributed by atoms with Crippen LogP contribution in [0.1, 0.15) is 25.0 Å². The number of aromatic hydroxyl groups is 2. The van der Waals surface area contributed by atoms with E-state index in [0.29, 0.717) is 63.2 Å². The molecule has 0 aliphatic carbocycles. The Bertz CT molecular complexity index is 4910. The van der Waals surface area contributed by atoms with E-state index in [1.165, 1.54) is 6.07 Å². The Kier molecular flexibility index (Phi) is 19.0. The van der Waals surface area contributed by atoms with E-state index in [2.05, 4.69) is 86.6 Å². The second-order valence-corrected chi connectivity index (χ2v) is 24.2. The summed E-state index contributed by atoms with van der Waals surface area (Å²) in [7, 11) is 0. The molecule has 14 aromatic rings. The molecular formula is C86H66N6O8. The highest BCUT2D eigenvalue weighted by Gasteiger charge is 2.24. The first-order valence-electron chi connectivity index (χ1n) is 32.8. The molecule has 2 aromatic heterocycles. The van der Waals surface area contributed by atoms with Crippen molar-refractivity contribution in [3.8, 4) is 147 Å². The Morgan fingerprint density at radius 2 is 0.550 bits per heavy atom. The van der Waals surface area contributed by atoms with Gasteiger partial charge in [0.15, 0.2) is 34.9 Å². The van der Waals surface area contributed by atoms with Gasteiger partial charge in [-0.1, -0.05) is 257 Å². The number of carbonyl (C=O) groups is 1. The van der Waals surface area contributed by atoms with Crippen molar-refractivity contribution in [2.75, 3.05) is 26.4 Å². The first-order valence-corrected chi connectivity index (χ1v) is 32.8. The van der Waals surface area contributed by atoms with E-state index in [1.807, 2.05) is 182 Å². The van der Waals surface area contributed by atoms with Crippen molar-refractivity contribution in [1.29, 1.82) is 0 Å². The minimum atomic E-state index is -0.889. The summed E-state index contributed by atoms with van der Waals surface area (Å²) in [4.78, 5) is 42.2. The Hall–Kier alpha value is -13.1. The van der Waals surface area contributed by atoms with E-state index in [9.17, 15) is 15.0 Å². The molecule has 14 rings (SSSR count). The maximum Gasteiger partial charge on any atom is 0.513 e. The van der Waals surface area contributed by atoms with Crippen molar-refractivity contribution in [3.05, 3.63) is 314 Å². The number of benzene rings is 12. The number of carbonyl (C=O) groups excluding carboxylic acids is 1. The first-order chi connectivity index (χ1) is 49.0. The highest BCUT2D eigenvalue weighted by molar-refractivity contribution is 5.77. The lowest BCUT2D eigenvalue weighted by Gasteiger charge is -2.26. The van der Waals surface area contributed by atoms with Gasteiger partial charge in [-0.3, -0.25) is 0 Å². The van der Waals surface area contributed by atoms with Gasteiger partial charge in [0.25, 0.3) is 0 Å². The van der Waals surface area contributed by atoms with Crippen LogP contribution in [0.15, 0.2) is 303 Å². The number of hydrogen-bond acceptors (Lipinski definition) is 14. The van der Waals surface area contributed by atoms with Crippen molar-refractivity contribution >= 4 is 6.16 Å². The van der Waals surface area contributed by atoms with Crippen LogP contribution < -0.4 is 18.9 Å². The van der Waals surface area contributed by atoms with Gasteiger partial charge in [-0.2, -0.15) is 0 Å². The number of phenols is 2. The second kappa shape index (κ2) is 29.5. The van der Waals surface area contributed by atoms with Crippen LogP contribution >= 0.6 is 0 Å². The van der Waals surface area contributed by atoms with Gasteiger partial charge in [0.1, 0.15) is 60.9 Å². The molecule has 0 spiro atoms. The van der Waals surface area contributed by atoms with Gasteiger partial charge in [0.2, 0.25) is 0 Å². The van der Waals surface area contributed by atoms with Crippen molar-refractivity contribution in [2.45, 2.75) is 19.3 Å². The third kappa shape index (κ3) is 15.1. The van der Waals surface area contributed by atoms with E-state index >= 15 is 0 Å². The molecule has 0 bridgehead atoms. The molecule has 0 amide bonds. The van der Waals surface area contributed by atoms with E-state index in [1.54, 1.807) is 42.5 Å². The van der Waals surface area contributed by atoms with E-state index < -0.39 is 11.6 Å². The van der Waals surface area contributed by atoms with Gasteiger partial charge in [0.05, 0.1) is 11.1 Å². The molecule has 488 valence electrons. The molecule has 0 atom stereocenters. The molecule has 100 heavy (non-hydrogen) atoms. The highest BCUT2D eigenvalue weighted by atomic mass is 16.7. The van der Waals surface area contributed by atoms with Gasteiger partial charge in [-0.15, -0.1) is 0 Å². The van der Waals surface area contributed by atoms with Gasteiger partial charge in [-0.05, 0) is 104 Å². The van der Waals surface area contributed by atoms with Crippen LogP contribution in [0.2, 0.25) is 0 Å². The van der Waals surface area contributed by atoms with E-state index in [0.717, 1.165) is 77.9 Å². The fraction of sp³-hybridized carbons (Fsp3) is 0.0814. The zero-order valence-corrected chi connectivity index (χ0v) is 54.7. The minimum absolute atomic E-state index is 0.00946. The van der Waals surface area contributed by atoms with Crippen molar-refractivity contribution in [1.82, 2.24) is 29.9 Å². The quantitative estimate of drug-likeness (QED) is 0.0371. The predicted molar refractivity (Wildman–Crippen MR) is 391 cm³/mol. The number of hydrogen-bond donors (Lipinski definition) is 2. The third-order valence-corrected chi connectivity index (χ3v) is 17.2. The standard InChI is InChI=1S/C86H66N6O8/c1-86(2,69-39-43-71(44-40-69)96-51-52-97-73-47-49-75(77(93)55-73)83-89-79(65-31-23-61(24-32-65)57-15-7-3-8-16-57)87-80(90-83)66-33-25-62(26-34-66)58-17-9-4-10-18-58)70-41-45-72(46-42-70)100-85(95)99-54-53-98-74-48-50-76(78(94)56-74)84-91-81(67-35-27-63(28-36-67)59-19-11-5-12-20-59)88-82(92-84)68-37-29-64(30-38-68)60-21-13-6-14-22-60/h3-50,55-56,93-94H,51-54H2,1-2H3. The molecule has 14 nitrogen and oxygen atoms in total. The average molecular weight is 1310 g/mol. The van der Waals surface area contributed by atoms with Crippen LogP contribution in [0, 0.1) is 0 Å².